The predicted octanol–water partition coefficient (Wildman–Crippen LogP) is 7.32. The second kappa shape index (κ2) is 8.86. The van der Waals surface area contributed by atoms with Crippen LogP contribution in [0.5, 0.6) is 0 Å². The fraction of sp³-hybridized carbons (Fsp3) is 0. The van der Waals surface area contributed by atoms with Gasteiger partial charge in [0.15, 0.2) is 11.6 Å². The van der Waals surface area contributed by atoms with E-state index in [1.807, 2.05) is 0 Å². The van der Waals surface area contributed by atoms with Crippen LogP contribution in [0.4, 0.5) is 8.78 Å². The molecule has 0 aliphatic heterocycles. The molecule has 0 aliphatic rings. The summed E-state index contributed by atoms with van der Waals surface area (Å²) in [6.45, 7) is 0. The number of nitriles is 2. The van der Waals surface area contributed by atoms with E-state index in [9.17, 15) is 10.5 Å². The Kier molecular flexibility index (Phi) is 6.49. The Hall–Kier alpha value is -2.22. The molecule has 8 heteroatoms. The molecular weight excluding hydrogens is 441 g/mol. The van der Waals surface area contributed by atoms with Crippen molar-refractivity contribution in [3.05, 3.63) is 81.3 Å². The van der Waals surface area contributed by atoms with Gasteiger partial charge in [-0.3, -0.25) is 0 Å². The van der Waals surface area contributed by atoms with Crippen LogP contribution in [0.3, 0.4) is 0 Å². The number of benzene rings is 3. The fourth-order valence-electron chi connectivity index (χ4n) is 2.31. The summed E-state index contributed by atoms with van der Waals surface area (Å²) in [6.07, 6.45) is 0. The zero-order valence-corrected chi connectivity index (χ0v) is 17.0. The SMILES string of the molecule is N#Cc1c(F)c(Sc2ccccc2Cl)c(Sc2ccccc2Cl)c(F)c1C#N. The van der Waals surface area contributed by atoms with Crippen LogP contribution < -0.4 is 0 Å². The van der Waals surface area contributed by atoms with Crippen molar-refractivity contribution < 1.29 is 8.78 Å². The monoisotopic (exact) mass is 448 g/mol. The third-order valence-corrected chi connectivity index (χ3v) is 6.95. The smallest absolute Gasteiger partial charge is 0.157 e. The third-order valence-electron chi connectivity index (χ3n) is 3.61. The van der Waals surface area contributed by atoms with Crippen molar-refractivity contribution in [2.75, 3.05) is 0 Å². The van der Waals surface area contributed by atoms with Crippen molar-refractivity contribution in [3.8, 4) is 12.1 Å². The molecule has 0 aliphatic carbocycles. The first kappa shape index (κ1) is 20.5. The van der Waals surface area contributed by atoms with Gasteiger partial charge >= 0.3 is 0 Å². The Morgan fingerprint density at radius 1 is 0.679 bits per heavy atom. The second-order valence-electron chi connectivity index (χ2n) is 5.32. The van der Waals surface area contributed by atoms with Gasteiger partial charge in [0, 0.05) is 9.79 Å². The van der Waals surface area contributed by atoms with Crippen LogP contribution in [-0.4, -0.2) is 0 Å². The van der Waals surface area contributed by atoms with Crippen molar-refractivity contribution in [2.24, 2.45) is 0 Å². The molecule has 0 saturated carbocycles. The average Bonchev–Trinajstić information content (AvgIpc) is 2.69. The Morgan fingerprint density at radius 3 is 1.36 bits per heavy atom. The van der Waals surface area contributed by atoms with Crippen LogP contribution in [0, 0.1) is 34.3 Å². The molecule has 0 radical (unpaired) electrons. The van der Waals surface area contributed by atoms with Crippen LogP contribution in [-0.2, 0) is 0 Å². The predicted molar refractivity (Wildman–Crippen MR) is 107 cm³/mol. The second-order valence-corrected chi connectivity index (χ2v) is 8.24. The largest absolute Gasteiger partial charge is 0.204 e. The molecule has 0 amide bonds. The van der Waals surface area contributed by atoms with Gasteiger partial charge in [-0.25, -0.2) is 8.78 Å². The first-order valence-electron chi connectivity index (χ1n) is 7.67. The normalized spacial score (nSPS) is 10.4. The lowest BCUT2D eigenvalue weighted by Crippen LogP contribution is -2.01. The lowest BCUT2D eigenvalue weighted by Gasteiger charge is -2.15. The van der Waals surface area contributed by atoms with E-state index in [4.69, 9.17) is 23.2 Å². The topological polar surface area (TPSA) is 47.6 Å². The van der Waals surface area contributed by atoms with E-state index >= 15 is 8.78 Å². The Labute approximate surface area is 178 Å². The summed E-state index contributed by atoms with van der Waals surface area (Å²) in [7, 11) is 0. The molecule has 0 atom stereocenters. The molecule has 0 fully saturated rings. The zero-order chi connectivity index (χ0) is 20.3. The molecule has 3 aromatic carbocycles. The standard InChI is InChI=1S/C20H8Cl2F2N2S2/c21-13-5-1-3-7-15(13)27-19-17(23)11(9-25)12(10-26)18(24)20(19)28-16-8-4-2-6-14(16)22/h1-8H. The molecular formula is C20H8Cl2F2N2S2. The average molecular weight is 449 g/mol. The number of halogens is 4. The highest BCUT2D eigenvalue weighted by molar-refractivity contribution is 8.02. The highest BCUT2D eigenvalue weighted by Crippen LogP contribution is 2.46. The summed E-state index contributed by atoms with van der Waals surface area (Å²) in [5.41, 5.74) is -1.28. The molecule has 138 valence electrons. The summed E-state index contributed by atoms with van der Waals surface area (Å²) in [5, 5.41) is 19.2. The molecule has 3 aromatic rings. The van der Waals surface area contributed by atoms with Gasteiger partial charge in [0.2, 0.25) is 0 Å². The van der Waals surface area contributed by atoms with Crippen LogP contribution in [0.25, 0.3) is 0 Å². The van der Waals surface area contributed by atoms with Crippen LogP contribution in [0.1, 0.15) is 11.1 Å². The van der Waals surface area contributed by atoms with E-state index < -0.39 is 22.8 Å². The highest BCUT2D eigenvalue weighted by atomic mass is 35.5. The van der Waals surface area contributed by atoms with Gasteiger partial charge < -0.3 is 0 Å². The van der Waals surface area contributed by atoms with Gasteiger partial charge in [0.25, 0.3) is 0 Å². The summed E-state index contributed by atoms with van der Waals surface area (Å²) in [4.78, 5) is 0.700. The third kappa shape index (κ3) is 3.97. The first-order chi connectivity index (χ1) is 13.5. The molecule has 0 unspecified atom stereocenters. The van der Waals surface area contributed by atoms with Crippen molar-refractivity contribution in [3.63, 3.8) is 0 Å². The van der Waals surface area contributed by atoms with Gasteiger partial charge in [-0.15, -0.1) is 0 Å². The summed E-state index contributed by atoms with van der Waals surface area (Å²) >= 11 is 14.1. The molecule has 0 bridgehead atoms. The van der Waals surface area contributed by atoms with Gasteiger partial charge in [-0.2, -0.15) is 10.5 Å². The maximum absolute atomic E-state index is 15.1. The van der Waals surface area contributed by atoms with Crippen LogP contribution in [0.2, 0.25) is 10.0 Å². The molecule has 0 heterocycles. The number of hydrogen-bond donors (Lipinski definition) is 0. The zero-order valence-electron chi connectivity index (χ0n) is 13.8. The summed E-state index contributed by atoms with van der Waals surface area (Å²) in [5.74, 6) is -1.94. The first-order valence-corrected chi connectivity index (χ1v) is 10.1. The minimum Gasteiger partial charge on any atom is -0.204 e. The van der Waals surface area contributed by atoms with Gasteiger partial charge in [-0.1, -0.05) is 71.0 Å². The number of rotatable bonds is 4. The highest BCUT2D eigenvalue weighted by Gasteiger charge is 2.27. The lowest BCUT2D eigenvalue weighted by molar-refractivity contribution is 0.544. The maximum Gasteiger partial charge on any atom is 0.157 e. The molecule has 0 aromatic heterocycles. The minimum atomic E-state index is -0.972. The van der Waals surface area contributed by atoms with Crippen molar-refractivity contribution in [1.82, 2.24) is 0 Å². The maximum atomic E-state index is 15.1. The summed E-state index contributed by atoms with van der Waals surface area (Å²) in [6, 6.07) is 16.5. The molecule has 2 nitrogen and oxygen atoms in total. The van der Waals surface area contributed by atoms with Gasteiger partial charge in [-0.05, 0) is 24.3 Å². The molecule has 0 N–H and O–H groups in total. The Morgan fingerprint density at radius 2 is 1.04 bits per heavy atom. The van der Waals surface area contributed by atoms with Gasteiger partial charge in [0.1, 0.15) is 23.3 Å². The number of nitrogens with zero attached hydrogens (tertiary/aromatic N) is 2. The van der Waals surface area contributed by atoms with E-state index in [2.05, 4.69) is 0 Å². The van der Waals surface area contributed by atoms with Crippen LogP contribution in [0.15, 0.2) is 68.1 Å². The summed E-state index contributed by atoms with van der Waals surface area (Å²) < 4.78 is 30.3. The van der Waals surface area contributed by atoms with Crippen molar-refractivity contribution >= 4 is 46.7 Å². The van der Waals surface area contributed by atoms with Crippen molar-refractivity contribution in [2.45, 2.75) is 19.6 Å². The van der Waals surface area contributed by atoms with Crippen LogP contribution >= 0.6 is 46.7 Å². The lowest BCUT2D eigenvalue weighted by atomic mass is 10.1. The molecule has 28 heavy (non-hydrogen) atoms. The van der Waals surface area contributed by atoms with Crippen molar-refractivity contribution in [1.29, 1.82) is 10.5 Å². The van der Waals surface area contributed by atoms with E-state index in [1.165, 1.54) is 0 Å². The van der Waals surface area contributed by atoms with E-state index in [0.717, 1.165) is 23.5 Å². The molecule has 0 spiro atoms. The van der Waals surface area contributed by atoms with Gasteiger partial charge in [0.05, 0.1) is 19.8 Å². The Balaban J connectivity index is 2.25. The minimum absolute atomic E-state index is 0.133. The number of hydrogen-bond acceptors (Lipinski definition) is 4. The van der Waals surface area contributed by atoms with E-state index in [0.29, 0.717) is 19.8 Å². The fourth-order valence-corrected chi connectivity index (χ4v) is 4.88. The van der Waals surface area contributed by atoms with E-state index in [1.54, 1.807) is 60.7 Å². The Bertz CT molecular complexity index is 1060. The quantitative estimate of drug-likeness (QED) is 0.419. The molecule has 3 rings (SSSR count). The molecule has 0 saturated heterocycles. The van der Waals surface area contributed by atoms with E-state index in [-0.39, 0.29) is 9.79 Å².